The molecule has 1 aliphatic carbocycles. The Morgan fingerprint density at radius 2 is 2.42 bits per heavy atom. The zero-order valence-corrected chi connectivity index (χ0v) is 8.03. The van der Waals surface area contributed by atoms with E-state index in [1.807, 2.05) is 7.05 Å². The van der Waals surface area contributed by atoms with E-state index in [2.05, 4.69) is 22.8 Å². The van der Waals surface area contributed by atoms with Crippen LogP contribution in [0.1, 0.15) is 23.8 Å². The molecule has 1 heterocycles. The Kier molecular flexibility index (Phi) is 1.94. The topological polar surface area (TPSA) is 38.0 Å². The van der Waals surface area contributed by atoms with Crippen molar-refractivity contribution in [3.05, 3.63) is 22.4 Å². The van der Waals surface area contributed by atoms with Gasteiger partial charge in [0.25, 0.3) is 0 Å². The summed E-state index contributed by atoms with van der Waals surface area (Å²) in [6.45, 7) is 0. The van der Waals surface area contributed by atoms with Crippen molar-refractivity contribution in [2.24, 2.45) is 5.73 Å². The number of nitrogens with one attached hydrogen (secondary N) is 1. The summed E-state index contributed by atoms with van der Waals surface area (Å²) in [6.07, 6.45) is 2.30. The quantitative estimate of drug-likeness (QED) is 0.743. The van der Waals surface area contributed by atoms with Crippen LogP contribution in [0.4, 0.5) is 0 Å². The lowest BCUT2D eigenvalue weighted by atomic mass is 10.1. The number of nitrogens with two attached hydrogens (primary N) is 1. The molecule has 0 bridgehead atoms. The van der Waals surface area contributed by atoms with E-state index in [0.29, 0.717) is 6.04 Å². The summed E-state index contributed by atoms with van der Waals surface area (Å²) in [6, 6.07) is 4.59. The van der Waals surface area contributed by atoms with Crippen molar-refractivity contribution in [3.63, 3.8) is 0 Å². The summed E-state index contributed by atoms with van der Waals surface area (Å²) in [7, 11) is 1.98. The van der Waals surface area contributed by atoms with E-state index in [1.165, 1.54) is 4.88 Å². The van der Waals surface area contributed by atoms with Crippen LogP contribution in [-0.4, -0.2) is 12.6 Å². The van der Waals surface area contributed by atoms with Gasteiger partial charge in [0.2, 0.25) is 0 Å². The van der Waals surface area contributed by atoms with Crippen LogP contribution in [-0.2, 0) is 0 Å². The van der Waals surface area contributed by atoms with Gasteiger partial charge in [0.1, 0.15) is 0 Å². The fraction of sp³-hybridized carbons (Fsp3) is 0.556. The Balaban J connectivity index is 2.19. The molecule has 0 radical (unpaired) electrons. The fourth-order valence-corrected chi connectivity index (χ4v) is 2.56. The zero-order valence-electron chi connectivity index (χ0n) is 7.21. The summed E-state index contributed by atoms with van der Waals surface area (Å²) in [5.74, 6) is 0. The molecule has 2 nitrogen and oxygen atoms in total. The van der Waals surface area contributed by atoms with E-state index in [0.717, 1.165) is 12.8 Å². The molecule has 0 spiro atoms. The molecule has 1 aromatic heterocycles. The first-order valence-electron chi connectivity index (χ1n) is 4.26. The highest BCUT2D eigenvalue weighted by molar-refractivity contribution is 7.10. The van der Waals surface area contributed by atoms with Gasteiger partial charge in [-0.3, -0.25) is 0 Å². The third-order valence-corrected chi connectivity index (χ3v) is 3.46. The summed E-state index contributed by atoms with van der Waals surface area (Å²) in [5.41, 5.74) is 6.18. The molecule has 2 rings (SSSR count). The third-order valence-electron chi connectivity index (χ3n) is 2.52. The van der Waals surface area contributed by atoms with Crippen molar-refractivity contribution in [1.29, 1.82) is 0 Å². The maximum Gasteiger partial charge on any atom is 0.0595 e. The fourth-order valence-electron chi connectivity index (χ4n) is 1.60. The molecule has 1 atom stereocenters. The van der Waals surface area contributed by atoms with Gasteiger partial charge in [-0.2, -0.15) is 0 Å². The lowest BCUT2D eigenvalue weighted by Crippen LogP contribution is -2.37. The molecule has 3 N–H and O–H groups in total. The first-order valence-corrected chi connectivity index (χ1v) is 5.14. The van der Waals surface area contributed by atoms with Crippen LogP contribution in [0.3, 0.4) is 0 Å². The first kappa shape index (κ1) is 8.23. The molecule has 0 aliphatic heterocycles. The molecule has 12 heavy (non-hydrogen) atoms. The summed E-state index contributed by atoms with van der Waals surface area (Å²) < 4.78 is 0. The number of likely N-dealkylation sites (N-methyl/N-ethyl adjacent to an activating group) is 1. The number of rotatable bonds is 3. The predicted octanol–water partition coefficient (Wildman–Crippen LogP) is 1.50. The minimum absolute atomic E-state index is 0.0413. The normalized spacial score (nSPS) is 22.2. The second-order valence-corrected chi connectivity index (χ2v) is 4.45. The van der Waals surface area contributed by atoms with Crippen LogP contribution in [0, 0.1) is 0 Å². The molecular formula is C9H14N2S. The van der Waals surface area contributed by atoms with Gasteiger partial charge in [0, 0.05) is 10.4 Å². The Labute approximate surface area is 76.8 Å². The molecule has 1 unspecified atom stereocenters. The van der Waals surface area contributed by atoms with Gasteiger partial charge in [-0.15, -0.1) is 11.3 Å². The highest BCUT2D eigenvalue weighted by Gasteiger charge is 2.46. The minimum atomic E-state index is 0.0413. The van der Waals surface area contributed by atoms with Crippen LogP contribution in [0.5, 0.6) is 0 Å². The standard InChI is InChI=1S/C9H14N2S/c1-11-8(9(10)4-5-9)7-3-2-6-12-7/h2-3,6,8,11H,4-5,10H2,1H3. The van der Waals surface area contributed by atoms with Crippen LogP contribution in [0.25, 0.3) is 0 Å². The SMILES string of the molecule is CNC(c1cccs1)C1(N)CC1. The van der Waals surface area contributed by atoms with Gasteiger partial charge < -0.3 is 11.1 Å². The highest BCUT2D eigenvalue weighted by Crippen LogP contribution is 2.44. The van der Waals surface area contributed by atoms with Crippen molar-refractivity contribution in [1.82, 2.24) is 5.32 Å². The Bertz CT molecular complexity index is 252. The molecule has 1 aromatic rings. The van der Waals surface area contributed by atoms with Gasteiger partial charge in [-0.1, -0.05) is 6.07 Å². The number of thiophene rings is 1. The van der Waals surface area contributed by atoms with Gasteiger partial charge in [-0.25, -0.2) is 0 Å². The lowest BCUT2D eigenvalue weighted by molar-refractivity contribution is 0.468. The average Bonchev–Trinajstić information content (AvgIpc) is 2.63. The van der Waals surface area contributed by atoms with E-state index in [1.54, 1.807) is 11.3 Å². The van der Waals surface area contributed by atoms with Crippen molar-refractivity contribution in [2.45, 2.75) is 24.4 Å². The predicted molar refractivity (Wildman–Crippen MR) is 52.3 cm³/mol. The maximum atomic E-state index is 6.14. The summed E-state index contributed by atoms with van der Waals surface area (Å²) in [4.78, 5) is 1.36. The molecule has 3 heteroatoms. The van der Waals surface area contributed by atoms with E-state index in [4.69, 9.17) is 5.73 Å². The lowest BCUT2D eigenvalue weighted by Gasteiger charge is -2.21. The van der Waals surface area contributed by atoms with E-state index in [9.17, 15) is 0 Å². The van der Waals surface area contributed by atoms with Gasteiger partial charge >= 0.3 is 0 Å². The van der Waals surface area contributed by atoms with E-state index in [-0.39, 0.29) is 5.54 Å². The molecule has 1 aliphatic rings. The average molecular weight is 182 g/mol. The number of hydrogen-bond donors (Lipinski definition) is 2. The summed E-state index contributed by atoms with van der Waals surface area (Å²) >= 11 is 1.78. The summed E-state index contributed by atoms with van der Waals surface area (Å²) in [5, 5.41) is 5.39. The Morgan fingerprint density at radius 1 is 1.67 bits per heavy atom. The van der Waals surface area contributed by atoms with Crippen LogP contribution >= 0.6 is 11.3 Å². The van der Waals surface area contributed by atoms with Crippen LogP contribution < -0.4 is 11.1 Å². The van der Waals surface area contributed by atoms with Gasteiger partial charge in [0.15, 0.2) is 0 Å². The van der Waals surface area contributed by atoms with Crippen LogP contribution in [0.15, 0.2) is 17.5 Å². The third kappa shape index (κ3) is 1.28. The molecule has 1 fully saturated rings. The molecule has 66 valence electrons. The smallest absolute Gasteiger partial charge is 0.0595 e. The van der Waals surface area contributed by atoms with Crippen molar-refractivity contribution in [2.75, 3.05) is 7.05 Å². The van der Waals surface area contributed by atoms with Gasteiger partial charge in [-0.05, 0) is 31.3 Å². The minimum Gasteiger partial charge on any atom is -0.323 e. The van der Waals surface area contributed by atoms with Crippen LogP contribution in [0.2, 0.25) is 0 Å². The van der Waals surface area contributed by atoms with Crippen molar-refractivity contribution in [3.8, 4) is 0 Å². The first-order chi connectivity index (χ1) is 5.76. The molecule has 1 saturated carbocycles. The number of hydrogen-bond acceptors (Lipinski definition) is 3. The monoisotopic (exact) mass is 182 g/mol. The Hall–Kier alpha value is -0.380. The second-order valence-electron chi connectivity index (χ2n) is 3.47. The molecule has 0 aromatic carbocycles. The maximum absolute atomic E-state index is 6.14. The largest absolute Gasteiger partial charge is 0.323 e. The van der Waals surface area contributed by atoms with Crippen molar-refractivity contribution >= 4 is 11.3 Å². The molecular weight excluding hydrogens is 168 g/mol. The Morgan fingerprint density at radius 3 is 2.83 bits per heavy atom. The molecule has 0 amide bonds. The van der Waals surface area contributed by atoms with Crippen molar-refractivity contribution < 1.29 is 0 Å². The zero-order chi connectivity index (χ0) is 8.60. The van der Waals surface area contributed by atoms with E-state index >= 15 is 0 Å². The highest BCUT2D eigenvalue weighted by atomic mass is 32.1. The second kappa shape index (κ2) is 2.83. The van der Waals surface area contributed by atoms with E-state index < -0.39 is 0 Å². The van der Waals surface area contributed by atoms with Gasteiger partial charge in [0.05, 0.1) is 6.04 Å². The molecule has 0 saturated heterocycles.